The molecule has 1 fully saturated rings. The number of rotatable bonds is 1. The van der Waals surface area contributed by atoms with Crippen molar-refractivity contribution in [3.8, 4) is 0 Å². The fourth-order valence-electron chi connectivity index (χ4n) is 1.38. The zero-order valence-electron chi connectivity index (χ0n) is 6.35. The number of halogens is 2. The molecule has 0 aromatic rings. The van der Waals surface area contributed by atoms with E-state index in [1.165, 1.54) is 6.92 Å². The summed E-state index contributed by atoms with van der Waals surface area (Å²) in [5.74, 6) is -2.80. The van der Waals surface area contributed by atoms with E-state index in [4.69, 9.17) is 5.11 Å². The molecule has 0 saturated heterocycles. The molecule has 0 aliphatic heterocycles. The Morgan fingerprint density at radius 3 is 2.09 bits per heavy atom. The molecule has 11 heavy (non-hydrogen) atoms. The smallest absolute Gasteiger partial charge is 0.251 e. The van der Waals surface area contributed by atoms with Gasteiger partial charge in [-0.05, 0) is 13.3 Å². The van der Waals surface area contributed by atoms with E-state index in [-0.39, 0.29) is 12.8 Å². The van der Waals surface area contributed by atoms with Gasteiger partial charge in [0.2, 0.25) is 0 Å². The molecule has 0 amide bonds. The summed E-state index contributed by atoms with van der Waals surface area (Å²) in [6, 6.07) is 0. The van der Waals surface area contributed by atoms with Crippen LogP contribution in [0.5, 0.6) is 0 Å². The average molecular weight is 166 g/mol. The number of aliphatic hydroxyl groups is 2. The summed E-state index contributed by atoms with van der Waals surface area (Å²) in [6.45, 7) is 1.33. The Balaban J connectivity index is 2.65. The Hall–Kier alpha value is -0.220. The number of alkyl halides is 2. The molecule has 0 bridgehead atoms. The summed E-state index contributed by atoms with van der Waals surface area (Å²) < 4.78 is 25.1. The lowest BCUT2D eigenvalue weighted by atomic mass is 9.96. The van der Waals surface area contributed by atoms with Crippen molar-refractivity contribution in [3.63, 3.8) is 0 Å². The molecule has 2 unspecified atom stereocenters. The maximum absolute atomic E-state index is 12.5. The van der Waals surface area contributed by atoms with E-state index >= 15 is 0 Å². The molecule has 66 valence electrons. The molecular weight excluding hydrogens is 154 g/mol. The molecule has 0 spiro atoms. The number of hydrogen-bond acceptors (Lipinski definition) is 2. The van der Waals surface area contributed by atoms with Crippen molar-refractivity contribution in [2.24, 2.45) is 0 Å². The molecule has 0 aromatic carbocycles. The van der Waals surface area contributed by atoms with Crippen LogP contribution in [0.2, 0.25) is 0 Å². The van der Waals surface area contributed by atoms with Crippen molar-refractivity contribution in [3.05, 3.63) is 0 Å². The molecule has 2 N–H and O–H groups in total. The van der Waals surface area contributed by atoms with Crippen molar-refractivity contribution in [2.45, 2.75) is 43.8 Å². The van der Waals surface area contributed by atoms with Gasteiger partial charge in [0.25, 0.3) is 5.92 Å². The van der Waals surface area contributed by atoms with Crippen LogP contribution in [0.1, 0.15) is 26.2 Å². The predicted molar refractivity (Wildman–Crippen MR) is 35.4 cm³/mol. The zero-order chi connectivity index (χ0) is 8.70. The molecule has 1 rings (SSSR count). The molecular formula is C7H12F2O2. The highest BCUT2D eigenvalue weighted by Crippen LogP contribution is 2.43. The van der Waals surface area contributed by atoms with Crippen LogP contribution in [0.25, 0.3) is 0 Å². The maximum atomic E-state index is 12.5. The van der Waals surface area contributed by atoms with E-state index in [1.807, 2.05) is 0 Å². The Morgan fingerprint density at radius 1 is 1.36 bits per heavy atom. The van der Waals surface area contributed by atoms with Crippen LogP contribution in [-0.2, 0) is 0 Å². The zero-order valence-corrected chi connectivity index (χ0v) is 6.35. The SMILES string of the molecule is CC(O)C1(O)CCC(F)(F)C1. The first-order valence-corrected chi connectivity index (χ1v) is 3.64. The topological polar surface area (TPSA) is 40.5 Å². The van der Waals surface area contributed by atoms with E-state index in [9.17, 15) is 13.9 Å². The van der Waals surface area contributed by atoms with Crippen molar-refractivity contribution in [1.29, 1.82) is 0 Å². The van der Waals surface area contributed by atoms with Crippen LogP contribution < -0.4 is 0 Å². The van der Waals surface area contributed by atoms with Crippen molar-refractivity contribution in [2.75, 3.05) is 0 Å². The molecule has 1 aliphatic rings. The van der Waals surface area contributed by atoms with Gasteiger partial charge in [0, 0.05) is 12.8 Å². The number of hydrogen-bond donors (Lipinski definition) is 2. The molecule has 4 heteroatoms. The molecule has 0 aromatic heterocycles. The van der Waals surface area contributed by atoms with Crippen molar-refractivity contribution in [1.82, 2.24) is 0 Å². The summed E-state index contributed by atoms with van der Waals surface area (Å²) in [4.78, 5) is 0. The van der Waals surface area contributed by atoms with Gasteiger partial charge in [-0.15, -0.1) is 0 Å². The third kappa shape index (κ3) is 1.68. The minimum absolute atomic E-state index is 0.0162. The first kappa shape index (κ1) is 8.87. The van der Waals surface area contributed by atoms with E-state index in [1.54, 1.807) is 0 Å². The van der Waals surface area contributed by atoms with Gasteiger partial charge in [-0.25, -0.2) is 8.78 Å². The Morgan fingerprint density at radius 2 is 1.91 bits per heavy atom. The van der Waals surface area contributed by atoms with E-state index in [0.29, 0.717) is 0 Å². The largest absolute Gasteiger partial charge is 0.390 e. The second-order valence-corrected chi connectivity index (χ2v) is 3.31. The van der Waals surface area contributed by atoms with Gasteiger partial charge in [0.1, 0.15) is 0 Å². The van der Waals surface area contributed by atoms with Gasteiger partial charge in [0.05, 0.1) is 11.7 Å². The standard InChI is InChI=1S/C7H12F2O2/c1-5(10)6(11)2-3-7(8,9)4-6/h5,10-11H,2-4H2,1H3. The third-order valence-corrected chi connectivity index (χ3v) is 2.27. The lowest BCUT2D eigenvalue weighted by Crippen LogP contribution is -2.38. The fraction of sp³-hybridized carbons (Fsp3) is 1.00. The minimum atomic E-state index is -2.80. The number of aliphatic hydroxyl groups excluding tert-OH is 1. The summed E-state index contributed by atoms with van der Waals surface area (Å²) in [5.41, 5.74) is -1.57. The van der Waals surface area contributed by atoms with Crippen LogP contribution >= 0.6 is 0 Å². The first-order valence-electron chi connectivity index (χ1n) is 3.64. The normalized spacial score (nSPS) is 39.0. The monoisotopic (exact) mass is 166 g/mol. The third-order valence-electron chi connectivity index (χ3n) is 2.27. The lowest BCUT2D eigenvalue weighted by Gasteiger charge is -2.25. The Kier molecular flexibility index (Phi) is 1.92. The van der Waals surface area contributed by atoms with E-state index in [0.717, 1.165) is 0 Å². The molecule has 0 radical (unpaired) electrons. The minimum Gasteiger partial charge on any atom is -0.390 e. The highest BCUT2D eigenvalue weighted by Gasteiger charge is 2.50. The predicted octanol–water partition coefficient (Wildman–Crippen LogP) is 0.917. The Bertz CT molecular complexity index is 159. The maximum Gasteiger partial charge on any atom is 0.251 e. The van der Waals surface area contributed by atoms with Gasteiger partial charge in [-0.1, -0.05) is 0 Å². The van der Waals surface area contributed by atoms with Crippen LogP contribution in [-0.4, -0.2) is 27.8 Å². The second kappa shape index (κ2) is 2.38. The lowest BCUT2D eigenvalue weighted by molar-refractivity contribution is -0.0888. The summed E-state index contributed by atoms with van der Waals surface area (Å²) in [5, 5.41) is 18.3. The summed E-state index contributed by atoms with van der Waals surface area (Å²) in [7, 11) is 0. The van der Waals surface area contributed by atoms with Gasteiger partial charge < -0.3 is 10.2 Å². The quantitative estimate of drug-likeness (QED) is 0.608. The van der Waals surface area contributed by atoms with Crippen molar-refractivity contribution >= 4 is 0 Å². The van der Waals surface area contributed by atoms with Crippen LogP contribution in [0.4, 0.5) is 8.78 Å². The van der Waals surface area contributed by atoms with E-state index < -0.39 is 24.0 Å². The summed E-state index contributed by atoms with van der Waals surface area (Å²) in [6.07, 6.45) is -2.03. The molecule has 0 heterocycles. The Labute approximate surface area is 63.8 Å². The van der Waals surface area contributed by atoms with Crippen molar-refractivity contribution < 1.29 is 19.0 Å². The van der Waals surface area contributed by atoms with Gasteiger partial charge >= 0.3 is 0 Å². The molecule has 2 nitrogen and oxygen atoms in total. The first-order chi connectivity index (χ1) is 4.86. The molecule has 2 atom stereocenters. The average Bonchev–Trinajstić information content (AvgIpc) is 2.08. The van der Waals surface area contributed by atoms with Crippen LogP contribution in [0.15, 0.2) is 0 Å². The van der Waals surface area contributed by atoms with Gasteiger partial charge in [0.15, 0.2) is 0 Å². The van der Waals surface area contributed by atoms with E-state index in [2.05, 4.69) is 0 Å². The van der Waals surface area contributed by atoms with Gasteiger partial charge in [-0.2, -0.15) is 0 Å². The fourth-order valence-corrected chi connectivity index (χ4v) is 1.38. The second-order valence-electron chi connectivity index (χ2n) is 3.31. The van der Waals surface area contributed by atoms with Crippen LogP contribution in [0, 0.1) is 0 Å². The summed E-state index contributed by atoms with van der Waals surface area (Å²) >= 11 is 0. The highest BCUT2D eigenvalue weighted by molar-refractivity contribution is 4.96. The molecule has 1 aliphatic carbocycles. The highest BCUT2D eigenvalue weighted by atomic mass is 19.3. The van der Waals surface area contributed by atoms with Gasteiger partial charge in [-0.3, -0.25) is 0 Å². The van der Waals surface area contributed by atoms with Crippen LogP contribution in [0.3, 0.4) is 0 Å². The molecule has 1 saturated carbocycles.